The third kappa shape index (κ3) is 4.37. The molecule has 2 amide bonds. The van der Waals surface area contributed by atoms with Gasteiger partial charge in [0.2, 0.25) is 17.6 Å². The fraction of sp³-hybridized carbons (Fsp3) is 0.586. The maximum Gasteiger partial charge on any atom is 0.237 e. The number of hydrogen-bond donors (Lipinski definition) is 7. The van der Waals surface area contributed by atoms with Crippen molar-refractivity contribution in [3.63, 3.8) is 0 Å². The molecule has 13 nitrogen and oxygen atoms in total. The third-order valence-electron chi connectivity index (χ3n) is 9.46. The maximum atomic E-state index is 14.1. The van der Waals surface area contributed by atoms with Crippen LogP contribution in [0.1, 0.15) is 36.0 Å². The Hall–Kier alpha value is -3.52. The first-order chi connectivity index (χ1) is 19.7. The first-order valence-corrected chi connectivity index (χ1v) is 14.2. The summed E-state index contributed by atoms with van der Waals surface area (Å²) in [5.74, 6) is -8.11. The quantitative estimate of drug-likeness (QED) is 0.193. The number of aliphatic hydroxyl groups excluding tert-OH is 2. The summed E-state index contributed by atoms with van der Waals surface area (Å²) in [7, 11) is 6.80. The number of phenols is 1. The third-order valence-corrected chi connectivity index (χ3v) is 9.46. The molecule has 1 aromatic carbocycles. The lowest BCUT2D eigenvalue weighted by Gasteiger charge is -2.53. The van der Waals surface area contributed by atoms with Gasteiger partial charge in [-0.15, -0.1) is 0 Å². The summed E-state index contributed by atoms with van der Waals surface area (Å²) in [6, 6.07) is 0.440. The Kier molecular flexibility index (Phi) is 7.59. The van der Waals surface area contributed by atoms with Gasteiger partial charge in [0.1, 0.15) is 17.4 Å². The smallest absolute Gasteiger partial charge is 0.237 e. The molecular formula is C29H39N5O8. The lowest BCUT2D eigenvalue weighted by molar-refractivity contribution is -0.184. The molecule has 5 rings (SSSR count). The van der Waals surface area contributed by atoms with E-state index in [1.807, 2.05) is 0 Å². The van der Waals surface area contributed by atoms with E-state index in [1.54, 1.807) is 44.1 Å². The van der Waals surface area contributed by atoms with Crippen molar-refractivity contribution in [2.24, 2.45) is 23.5 Å². The standard InChI is InChI=1S/C29H39N5O8/c1-33(2)17-10-13(11-32-28(41)16-6-5-7-31-16)22(35)19-14(17)8-12-9-15-21(34(3)4)24(37)20(27(30)40)26(39)29(15,42)25(38)18(12)23(19)36/h10,12,15-16,20-21,24,31,35-37,42H,5-9,11H2,1-4H3,(H2,30,40)(H,32,41)/t12-,15-,16?,20?,21?,24?,29-/m1/s1. The zero-order valence-electron chi connectivity index (χ0n) is 24.2. The topological polar surface area (TPSA) is 206 Å². The molecule has 1 saturated heterocycles. The number of phenolic OH excluding ortho intramolecular Hbond substituents is 1. The number of anilines is 1. The van der Waals surface area contributed by atoms with Crippen LogP contribution in [0.3, 0.4) is 0 Å². The van der Waals surface area contributed by atoms with E-state index >= 15 is 0 Å². The fourth-order valence-electron chi connectivity index (χ4n) is 7.45. The van der Waals surface area contributed by atoms with Gasteiger partial charge in [0, 0.05) is 49.4 Å². The number of amides is 2. The number of likely N-dealkylation sites (N-methyl/N-ethyl adjacent to an activating group) is 1. The Morgan fingerprint density at radius 1 is 1.19 bits per heavy atom. The van der Waals surface area contributed by atoms with Crippen LogP contribution in [-0.2, 0) is 32.1 Å². The van der Waals surface area contributed by atoms with Crippen LogP contribution in [0.4, 0.5) is 5.69 Å². The zero-order chi connectivity index (χ0) is 30.8. The van der Waals surface area contributed by atoms with Gasteiger partial charge < -0.3 is 46.6 Å². The average Bonchev–Trinajstić information content (AvgIpc) is 3.45. The summed E-state index contributed by atoms with van der Waals surface area (Å²) < 4.78 is 0. The Balaban J connectivity index is 1.60. The van der Waals surface area contributed by atoms with Gasteiger partial charge in [-0.2, -0.15) is 0 Å². The second kappa shape index (κ2) is 10.6. The molecular weight excluding hydrogens is 546 g/mol. The number of ketones is 2. The van der Waals surface area contributed by atoms with E-state index in [1.165, 1.54) is 0 Å². The van der Waals surface area contributed by atoms with Crippen molar-refractivity contribution < 1.29 is 39.6 Å². The van der Waals surface area contributed by atoms with Gasteiger partial charge in [-0.3, -0.25) is 19.2 Å². The van der Waals surface area contributed by atoms with Gasteiger partial charge in [-0.05, 0) is 63.9 Å². The number of Topliss-reactive ketones (excluding diaryl/α,β-unsaturated/α-hetero) is 2. The Morgan fingerprint density at radius 2 is 1.88 bits per heavy atom. The molecule has 2 saturated carbocycles. The monoisotopic (exact) mass is 585 g/mol. The molecule has 0 spiro atoms. The van der Waals surface area contributed by atoms with Crippen LogP contribution in [0.15, 0.2) is 11.6 Å². The summed E-state index contributed by atoms with van der Waals surface area (Å²) in [5, 5.41) is 51.7. The molecule has 4 aliphatic rings. The van der Waals surface area contributed by atoms with E-state index in [0.717, 1.165) is 13.0 Å². The molecule has 0 radical (unpaired) electrons. The average molecular weight is 586 g/mol. The van der Waals surface area contributed by atoms with Gasteiger partial charge in [0.15, 0.2) is 11.4 Å². The number of nitrogens with one attached hydrogen (secondary N) is 2. The highest BCUT2D eigenvalue weighted by atomic mass is 16.3. The van der Waals surface area contributed by atoms with Crippen LogP contribution in [0.2, 0.25) is 0 Å². The van der Waals surface area contributed by atoms with Gasteiger partial charge in [0.25, 0.3) is 0 Å². The first-order valence-electron chi connectivity index (χ1n) is 14.2. The molecule has 0 aromatic heterocycles. The molecule has 13 heteroatoms. The van der Waals surface area contributed by atoms with E-state index < -0.39 is 58.7 Å². The number of aliphatic hydroxyl groups is 3. The molecule has 1 aromatic rings. The minimum atomic E-state index is -2.72. The second-order valence-electron chi connectivity index (χ2n) is 12.3. The maximum absolute atomic E-state index is 14.1. The van der Waals surface area contributed by atoms with Crippen LogP contribution in [0.5, 0.6) is 5.75 Å². The number of rotatable bonds is 6. The van der Waals surface area contributed by atoms with Gasteiger partial charge in [-0.25, -0.2) is 0 Å². The molecule has 0 bridgehead atoms. The Morgan fingerprint density at radius 3 is 2.45 bits per heavy atom. The fourth-order valence-corrected chi connectivity index (χ4v) is 7.45. The number of aromatic hydroxyl groups is 1. The molecule has 4 unspecified atom stereocenters. The molecule has 7 atom stereocenters. The molecule has 3 fully saturated rings. The molecule has 228 valence electrons. The van der Waals surface area contributed by atoms with Crippen molar-refractivity contribution in [2.45, 2.75) is 56.0 Å². The number of nitrogens with two attached hydrogens (primary N) is 1. The normalized spacial score (nSPS) is 32.4. The summed E-state index contributed by atoms with van der Waals surface area (Å²) >= 11 is 0. The minimum Gasteiger partial charge on any atom is -0.507 e. The van der Waals surface area contributed by atoms with Crippen LogP contribution < -0.4 is 21.3 Å². The van der Waals surface area contributed by atoms with E-state index in [4.69, 9.17) is 5.73 Å². The van der Waals surface area contributed by atoms with Crippen molar-refractivity contribution >= 4 is 34.8 Å². The van der Waals surface area contributed by atoms with Crippen molar-refractivity contribution in [3.05, 3.63) is 28.3 Å². The van der Waals surface area contributed by atoms with Crippen molar-refractivity contribution in [1.29, 1.82) is 0 Å². The van der Waals surface area contributed by atoms with Gasteiger partial charge >= 0.3 is 0 Å². The number of carbonyl (C=O) groups excluding carboxylic acids is 4. The summed E-state index contributed by atoms with van der Waals surface area (Å²) in [6.07, 6.45) is 0.269. The van der Waals surface area contributed by atoms with E-state index in [9.17, 15) is 39.6 Å². The van der Waals surface area contributed by atoms with E-state index in [-0.39, 0.29) is 48.2 Å². The SMILES string of the molecule is CN(C)c1cc(CNC(=O)C2CCCN2)c(O)c2c1C[C@@H]1C[C@@H]3C(N(C)C)C(O)C(C(N)=O)C(=O)[C@]3(O)C(=O)C1=C2O. The number of primary amides is 1. The lowest BCUT2D eigenvalue weighted by Crippen LogP contribution is -2.73. The zero-order valence-corrected chi connectivity index (χ0v) is 24.2. The van der Waals surface area contributed by atoms with Crippen LogP contribution >= 0.6 is 0 Å². The largest absolute Gasteiger partial charge is 0.507 e. The van der Waals surface area contributed by atoms with E-state index in [0.29, 0.717) is 23.2 Å². The van der Waals surface area contributed by atoms with Crippen LogP contribution in [0.25, 0.3) is 5.76 Å². The van der Waals surface area contributed by atoms with Gasteiger partial charge in [-0.1, -0.05) is 0 Å². The molecule has 42 heavy (non-hydrogen) atoms. The highest BCUT2D eigenvalue weighted by molar-refractivity contribution is 6.25. The number of fused-ring (bicyclic) bond motifs is 3. The number of carbonyl (C=O) groups is 4. The number of nitrogens with zero attached hydrogens (tertiary/aromatic N) is 2. The predicted octanol–water partition coefficient (Wildman–Crippen LogP) is -1.44. The Bertz CT molecular complexity index is 1380. The summed E-state index contributed by atoms with van der Waals surface area (Å²) in [5.41, 5.74) is 4.02. The van der Waals surface area contributed by atoms with Crippen LogP contribution in [-0.4, -0.2) is 107 Å². The highest BCUT2D eigenvalue weighted by Crippen LogP contribution is 2.53. The summed E-state index contributed by atoms with van der Waals surface area (Å²) in [6.45, 7) is 0.706. The Labute approximate surface area is 243 Å². The molecule has 8 N–H and O–H groups in total. The summed E-state index contributed by atoms with van der Waals surface area (Å²) in [4.78, 5) is 55.8. The van der Waals surface area contributed by atoms with Crippen molar-refractivity contribution in [1.82, 2.24) is 15.5 Å². The van der Waals surface area contributed by atoms with Crippen LogP contribution in [0, 0.1) is 17.8 Å². The second-order valence-corrected chi connectivity index (χ2v) is 12.3. The first kappa shape index (κ1) is 30.0. The molecule has 1 aliphatic heterocycles. The van der Waals surface area contributed by atoms with Crippen molar-refractivity contribution in [3.8, 4) is 5.75 Å². The molecule has 3 aliphatic carbocycles. The molecule has 1 heterocycles. The highest BCUT2D eigenvalue weighted by Gasteiger charge is 2.67. The van der Waals surface area contributed by atoms with Gasteiger partial charge in [0.05, 0.1) is 17.7 Å². The number of hydrogen-bond acceptors (Lipinski definition) is 11. The minimum absolute atomic E-state index is 0.00926. The number of benzene rings is 1. The predicted molar refractivity (Wildman–Crippen MR) is 151 cm³/mol. The van der Waals surface area contributed by atoms with E-state index in [2.05, 4.69) is 10.6 Å². The lowest BCUT2D eigenvalue weighted by atomic mass is 9.54. The van der Waals surface area contributed by atoms with Crippen molar-refractivity contribution in [2.75, 3.05) is 39.6 Å².